The Balaban J connectivity index is 0.00000196. The van der Waals surface area contributed by atoms with E-state index in [1.165, 1.54) is 0 Å². The predicted molar refractivity (Wildman–Crippen MR) is 56.1 cm³/mol. The SMILES string of the molecule is Cc1cccc(C)c1[C@H](N)C(F)(F)F.Cl. The summed E-state index contributed by atoms with van der Waals surface area (Å²) in [7, 11) is 0. The Labute approximate surface area is 92.9 Å². The number of nitrogens with two attached hydrogens (primary N) is 1. The standard InChI is InChI=1S/C10H12F3N.ClH/c1-6-4-3-5-7(2)8(6)9(14)10(11,12)13;/h3-5,9H,14H2,1-2H3;1H/t9-;/m0./s1. The van der Waals surface area contributed by atoms with Crippen molar-refractivity contribution in [1.82, 2.24) is 0 Å². The molecule has 0 aliphatic carbocycles. The molecule has 86 valence electrons. The van der Waals surface area contributed by atoms with E-state index in [0.29, 0.717) is 11.1 Å². The van der Waals surface area contributed by atoms with Gasteiger partial charge in [0.25, 0.3) is 0 Å². The van der Waals surface area contributed by atoms with Gasteiger partial charge in [-0.2, -0.15) is 13.2 Å². The lowest BCUT2D eigenvalue weighted by atomic mass is 9.96. The third-order valence-electron chi connectivity index (χ3n) is 2.21. The quantitative estimate of drug-likeness (QED) is 0.800. The van der Waals surface area contributed by atoms with Crippen molar-refractivity contribution in [1.29, 1.82) is 0 Å². The van der Waals surface area contributed by atoms with Gasteiger partial charge in [-0.05, 0) is 30.5 Å². The van der Waals surface area contributed by atoms with Crippen LogP contribution in [0.25, 0.3) is 0 Å². The summed E-state index contributed by atoms with van der Waals surface area (Å²) in [6, 6.07) is 3.10. The number of benzene rings is 1. The highest BCUT2D eigenvalue weighted by Crippen LogP contribution is 2.33. The van der Waals surface area contributed by atoms with Crippen LogP contribution in [0.15, 0.2) is 18.2 Å². The molecule has 0 saturated carbocycles. The fraction of sp³-hybridized carbons (Fsp3) is 0.400. The molecule has 0 heterocycles. The van der Waals surface area contributed by atoms with Gasteiger partial charge in [0.1, 0.15) is 6.04 Å². The molecule has 0 unspecified atom stereocenters. The monoisotopic (exact) mass is 239 g/mol. The number of hydrogen-bond acceptors (Lipinski definition) is 1. The zero-order chi connectivity index (χ0) is 10.9. The van der Waals surface area contributed by atoms with E-state index in [9.17, 15) is 13.2 Å². The first kappa shape index (κ1) is 14.3. The highest BCUT2D eigenvalue weighted by atomic mass is 35.5. The predicted octanol–water partition coefficient (Wildman–Crippen LogP) is 3.29. The highest BCUT2D eigenvalue weighted by molar-refractivity contribution is 5.85. The summed E-state index contributed by atoms with van der Waals surface area (Å²) in [4.78, 5) is 0. The molecule has 1 aromatic carbocycles. The lowest BCUT2D eigenvalue weighted by molar-refractivity contribution is -0.149. The van der Waals surface area contributed by atoms with Crippen LogP contribution in [-0.4, -0.2) is 6.18 Å². The Morgan fingerprint density at radius 1 is 1.13 bits per heavy atom. The van der Waals surface area contributed by atoms with Crippen LogP contribution in [-0.2, 0) is 0 Å². The maximum atomic E-state index is 12.4. The second-order valence-electron chi connectivity index (χ2n) is 3.32. The van der Waals surface area contributed by atoms with Gasteiger partial charge in [0.15, 0.2) is 0 Å². The second kappa shape index (κ2) is 4.86. The minimum atomic E-state index is -4.38. The first-order valence-electron chi connectivity index (χ1n) is 4.22. The van der Waals surface area contributed by atoms with E-state index in [-0.39, 0.29) is 18.0 Å². The Kier molecular flexibility index (Phi) is 4.62. The van der Waals surface area contributed by atoms with E-state index < -0.39 is 12.2 Å². The van der Waals surface area contributed by atoms with E-state index in [1.807, 2.05) is 0 Å². The Morgan fingerprint density at radius 2 is 1.53 bits per heavy atom. The fourth-order valence-electron chi connectivity index (χ4n) is 1.48. The molecule has 5 heteroatoms. The maximum Gasteiger partial charge on any atom is 0.407 e. The van der Waals surface area contributed by atoms with Crippen LogP contribution in [0.2, 0.25) is 0 Å². The lowest BCUT2D eigenvalue weighted by Crippen LogP contribution is -2.29. The van der Waals surface area contributed by atoms with Gasteiger partial charge >= 0.3 is 6.18 Å². The van der Waals surface area contributed by atoms with Crippen molar-refractivity contribution in [2.45, 2.75) is 26.1 Å². The number of hydrogen-bond donors (Lipinski definition) is 1. The highest BCUT2D eigenvalue weighted by Gasteiger charge is 2.39. The first-order chi connectivity index (χ1) is 6.34. The molecule has 0 spiro atoms. The molecule has 0 bridgehead atoms. The summed E-state index contributed by atoms with van der Waals surface area (Å²) in [6.07, 6.45) is -4.38. The number of aryl methyl sites for hydroxylation is 2. The van der Waals surface area contributed by atoms with Crippen LogP contribution >= 0.6 is 12.4 Å². The van der Waals surface area contributed by atoms with Gasteiger partial charge in [0.2, 0.25) is 0 Å². The van der Waals surface area contributed by atoms with Gasteiger partial charge < -0.3 is 5.73 Å². The molecule has 0 amide bonds. The van der Waals surface area contributed by atoms with Gasteiger partial charge in [0, 0.05) is 0 Å². The van der Waals surface area contributed by atoms with Crippen LogP contribution < -0.4 is 5.73 Å². The molecule has 0 fully saturated rings. The van der Waals surface area contributed by atoms with Crippen molar-refractivity contribution in [2.75, 3.05) is 0 Å². The van der Waals surface area contributed by atoms with E-state index >= 15 is 0 Å². The van der Waals surface area contributed by atoms with Crippen molar-refractivity contribution in [3.63, 3.8) is 0 Å². The summed E-state index contributed by atoms with van der Waals surface area (Å²) in [5.74, 6) is 0. The Bertz CT molecular complexity index is 316. The molecule has 0 aliphatic rings. The van der Waals surface area contributed by atoms with E-state index in [0.717, 1.165) is 0 Å². The minimum absolute atomic E-state index is 0. The van der Waals surface area contributed by atoms with Crippen LogP contribution in [0.4, 0.5) is 13.2 Å². The third kappa shape index (κ3) is 3.11. The largest absolute Gasteiger partial charge is 0.407 e. The van der Waals surface area contributed by atoms with E-state index in [4.69, 9.17) is 5.73 Å². The van der Waals surface area contributed by atoms with Crippen LogP contribution in [0, 0.1) is 13.8 Å². The van der Waals surface area contributed by atoms with Crippen molar-refractivity contribution >= 4 is 12.4 Å². The van der Waals surface area contributed by atoms with Gasteiger partial charge in [0.05, 0.1) is 0 Å². The van der Waals surface area contributed by atoms with Crippen molar-refractivity contribution in [3.8, 4) is 0 Å². The number of rotatable bonds is 1. The Morgan fingerprint density at radius 3 is 1.87 bits per heavy atom. The van der Waals surface area contributed by atoms with Crippen molar-refractivity contribution in [3.05, 3.63) is 34.9 Å². The smallest absolute Gasteiger partial charge is 0.316 e. The molecule has 1 rings (SSSR count). The van der Waals surface area contributed by atoms with Crippen LogP contribution in [0.1, 0.15) is 22.7 Å². The van der Waals surface area contributed by atoms with Crippen molar-refractivity contribution in [2.24, 2.45) is 5.73 Å². The zero-order valence-electron chi connectivity index (χ0n) is 8.43. The minimum Gasteiger partial charge on any atom is -0.316 e. The van der Waals surface area contributed by atoms with Crippen molar-refractivity contribution < 1.29 is 13.2 Å². The zero-order valence-corrected chi connectivity index (χ0v) is 9.25. The normalized spacial score (nSPS) is 13.2. The maximum absolute atomic E-state index is 12.4. The molecule has 0 aromatic heterocycles. The average Bonchev–Trinajstić information content (AvgIpc) is 2.01. The molecule has 15 heavy (non-hydrogen) atoms. The molecule has 0 saturated heterocycles. The molecule has 2 N–H and O–H groups in total. The van der Waals surface area contributed by atoms with Gasteiger partial charge in [-0.25, -0.2) is 0 Å². The average molecular weight is 240 g/mol. The van der Waals surface area contributed by atoms with Gasteiger partial charge in [-0.3, -0.25) is 0 Å². The molecule has 1 nitrogen and oxygen atoms in total. The van der Waals surface area contributed by atoms with Crippen LogP contribution in [0.3, 0.4) is 0 Å². The van der Waals surface area contributed by atoms with Crippen LogP contribution in [0.5, 0.6) is 0 Å². The number of alkyl halides is 3. The topological polar surface area (TPSA) is 26.0 Å². The summed E-state index contributed by atoms with van der Waals surface area (Å²) >= 11 is 0. The molecular weight excluding hydrogens is 227 g/mol. The molecule has 0 aliphatic heterocycles. The van der Waals surface area contributed by atoms with E-state index in [2.05, 4.69) is 0 Å². The van der Waals surface area contributed by atoms with Gasteiger partial charge in [-0.1, -0.05) is 18.2 Å². The van der Waals surface area contributed by atoms with E-state index in [1.54, 1.807) is 32.0 Å². The van der Waals surface area contributed by atoms with Gasteiger partial charge in [-0.15, -0.1) is 12.4 Å². The third-order valence-corrected chi connectivity index (χ3v) is 2.21. The lowest BCUT2D eigenvalue weighted by Gasteiger charge is -2.19. The molecular formula is C10H13ClF3N. The summed E-state index contributed by atoms with van der Waals surface area (Å²) < 4.78 is 37.1. The number of halogens is 4. The first-order valence-corrected chi connectivity index (χ1v) is 4.22. The second-order valence-corrected chi connectivity index (χ2v) is 3.32. The molecule has 1 aromatic rings. The summed E-state index contributed by atoms with van der Waals surface area (Å²) in [5.41, 5.74) is 6.49. The molecule has 0 radical (unpaired) electrons. The summed E-state index contributed by atoms with van der Waals surface area (Å²) in [6.45, 7) is 3.27. The molecule has 1 atom stereocenters. The summed E-state index contributed by atoms with van der Waals surface area (Å²) in [5, 5.41) is 0. The fourth-order valence-corrected chi connectivity index (χ4v) is 1.48. The Hall–Kier alpha value is -0.740.